The smallest absolute Gasteiger partial charge is 0.276 e. The molecule has 1 N–H and O–H groups in total. The largest absolute Gasteiger partial charge is 0.335 e. The van der Waals surface area contributed by atoms with Gasteiger partial charge in [0, 0.05) is 4.47 Å². The summed E-state index contributed by atoms with van der Waals surface area (Å²) in [4.78, 5) is 37.0. The molecule has 100 valence electrons. The molecule has 19 heavy (non-hydrogen) atoms. The molecule has 0 atom stereocenters. The molecule has 0 aromatic heterocycles. The van der Waals surface area contributed by atoms with Gasteiger partial charge in [0.1, 0.15) is 5.41 Å². The summed E-state index contributed by atoms with van der Waals surface area (Å²) in [5, 5.41) is 2.21. The van der Waals surface area contributed by atoms with E-state index in [1.165, 1.54) is 13.8 Å². The van der Waals surface area contributed by atoms with E-state index in [2.05, 4.69) is 21.2 Å². The van der Waals surface area contributed by atoms with Crippen molar-refractivity contribution in [3.05, 3.63) is 28.2 Å². The third kappa shape index (κ3) is 2.06. The quantitative estimate of drug-likeness (QED) is 0.806. The minimum Gasteiger partial charge on any atom is -0.276 e. The zero-order valence-electron chi connectivity index (χ0n) is 10.8. The molecular formula is C13H13BrN2O3. The normalized spacial score (nSPS) is 18.5. The number of anilines is 1. The number of halogens is 1. The lowest BCUT2D eigenvalue weighted by Crippen LogP contribution is -2.62. The molecule has 0 saturated carbocycles. The maximum Gasteiger partial charge on any atom is 0.335 e. The van der Waals surface area contributed by atoms with E-state index in [4.69, 9.17) is 0 Å². The summed E-state index contributed by atoms with van der Waals surface area (Å²) in [6.07, 6.45) is 0. The third-order valence-corrected chi connectivity index (χ3v) is 4.07. The first-order valence-electron chi connectivity index (χ1n) is 5.72. The van der Waals surface area contributed by atoms with Gasteiger partial charge in [0.2, 0.25) is 11.8 Å². The van der Waals surface area contributed by atoms with Crippen LogP contribution in [0.3, 0.4) is 0 Å². The highest BCUT2D eigenvalue weighted by Crippen LogP contribution is 2.32. The van der Waals surface area contributed by atoms with E-state index in [0.29, 0.717) is 5.69 Å². The fourth-order valence-corrected chi connectivity index (χ4v) is 2.19. The predicted octanol–water partition coefficient (Wildman–Crippen LogP) is 2.37. The molecule has 5 nitrogen and oxygen atoms in total. The number of carbonyl (C=O) groups excluding carboxylic acids is 3. The number of amides is 4. The highest BCUT2D eigenvalue weighted by molar-refractivity contribution is 9.10. The second-order valence-corrected chi connectivity index (χ2v) is 5.76. The number of barbiturate groups is 1. The van der Waals surface area contributed by atoms with Gasteiger partial charge in [-0.3, -0.25) is 14.9 Å². The number of imide groups is 2. The Kier molecular flexibility index (Phi) is 3.22. The number of hydrogen-bond acceptors (Lipinski definition) is 3. The molecule has 1 aliphatic heterocycles. The Morgan fingerprint density at radius 3 is 2.47 bits per heavy atom. The number of benzene rings is 1. The SMILES string of the molecule is Cc1c(Br)cccc1N1C(=O)NC(=O)C(C)(C)C1=O. The predicted molar refractivity (Wildman–Crippen MR) is 73.7 cm³/mol. The fourth-order valence-electron chi connectivity index (χ4n) is 1.84. The number of urea groups is 1. The molecule has 1 fully saturated rings. The summed E-state index contributed by atoms with van der Waals surface area (Å²) in [6, 6.07) is 4.51. The molecule has 1 aromatic rings. The number of hydrogen-bond donors (Lipinski definition) is 1. The molecule has 1 heterocycles. The number of nitrogens with zero attached hydrogens (tertiary/aromatic N) is 1. The molecule has 2 rings (SSSR count). The van der Waals surface area contributed by atoms with Gasteiger partial charge < -0.3 is 0 Å². The first-order valence-corrected chi connectivity index (χ1v) is 6.51. The van der Waals surface area contributed by atoms with Crippen molar-refractivity contribution in [2.24, 2.45) is 5.41 Å². The Labute approximate surface area is 119 Å². The number of rotatable bonds is 1. The molecule has 6 heteroatoms. The van der Waals surface area contributed by atoms with E-state index in [-0.39, 0.29) is 0 Å². The third-order valence-electron chi connectivity index (χ3n) is 3.21. The van der Waals surface area contributed by atoms with Crippen LogP contribution in [0.15, 0.2) is 22.7 Å². The van der Waals surface area contributed by atoms with Gasteiger partial charge in [-0.1, -0.05) is 22.0 Å². The maximum atomic E-state index is 12.4. The Bertz CT molecular complexity index is 596. The molecule has 0 spiro atoms. The van der Waals surface area contributed by atoms with Gasteiger partial charge in [-0.25, -0.2) is 9.69 Å². The zero-order chi connectivity index (χ0) is 14.4. The van der Waals surface area contributed by atoms with Gasteiger partial charge in [-0.2, -0.15) is 0 Å². The van der Waals surface area contributed by atoms with Gasteiger partial charge in [-0.05, 0) is 38.5 Å². The van der Waals surface area contributed by atoms with E-state index in [1.807, 2.05) is 6.07 Å². The topological polar surface area (TPSA) is 66.5 Å². The molecule has 0 radical (unpaired) electrons. The van der Waals surface area contributed by atoms with Crippen molar-refractivity contribution in [3.8, 4) is 0 Å². The maximum absolute atomic E-state index is 12.4. The molecule has 4 amide bonds. The lowest BCUT2D eigenvalue weighted by molar-refractivity contribution is -0.140. The summed E-state index contributed by atoms with van der Waals surface area (Å²) in [5.41, 5.74) is -0.0311. The molecule has 0 bridgehead atoms. The lowest BCUT2D eigenvalue weighted by Gasteiger charge is -2.35. The molecule has 1 saturated heterocycles. The van der Waals surface area contributed by atoms with Crippen LogP contribution >= 0.6 is 15.9 Å². The van der Waals surface area contributed by atoms with Crippen LogP contribution in [0.25, 0.3) is 0 Å². The zero-order valence-corrected chi connectivity index (χ0v) is 12.4. The molecule has 0 unspecified atom stereocenters. The summed E-state index contributed by atoms with van der Waals surface area (Å²) >= 11 is 3.36. The minimum atomic E-state index is -1.26. The Morgan fingerprint density at radius 1 is 1.21 bits per heavy atom. The van der Waals surface area contributed by atoms with Crippen LogP contribution in [-0.4, -0.2) is 17.8 Å². The van der Waals surface area contributed by atoms with Crippen LogP contribution in [0.2, 0.25) is 0 Å². The van der Waals surface area contributed by atoms with E-state index in [1.54, 1.807) is 19.1 Å². The van der Waals surface area contributed by atoms with Gasteiger partial charge in [-0.15, -0.1) is 0 Å². The average Bonchev–Trinajstić information content (AvgIpc) is 2.33. The Balaban J connectivity index is 2.55. The second kappa shape index (κ2) is 4.45. The van der Waals surface area contributed by atoms with Crippen LogP contribution < -0.4 is 10.2 Å². The first-order chi connectivity index (χ1) is 8.76. The molecule has 1 aliphatic rings. The van der Waals surface area contributed by atoms with Crippen molar-refractivity contribution in [2.45, 2.75) is 20.8 Å². The van der Waals surface area contributed by atoms with E-state index in [0.717, 1.165) is 14.9 Å². The van der Waals surface area contributed by atoms with Crippen LogP contribution in [-0.2, 0) is 9.59 Å². The number of nitrogens with one attached hydrogen (secondary N) is 1. The fraction of sp³-hybridized carbons (Fsp3) is 0.308. The van der Waals surface area contributed by atoms with Crippen molar-refractivity contribution in [3.63, 3.8) is 0 Å². The van der Waals surface area contributed by atoms with Crippen molar-refractivity contribution in [1.29, 1.82) is 0 Å². The highest BCUT2D eigenvalue weighted by Gasteiger charge is 2.47. The molecule has 0 aliphatic carbocycles. The monoisotopic (exact) mass is 324 g/mol. The van der Waals surface area contributed by atoms with Crippen LogP contribution in [0.5, 0.6) is 0 Å². The summed E-state index contributed by atoms with van der Waals surface area (Å²) in [7, 11) is 0. The van der Waals surface area contributed by atoms with Gasteiger partial charge in [0.25, 0.3) is 0 Å². The standard InChI is InChI=1S/C13H13BrN2O3/c1-7-8(14)5-4-6-9(7)16-11(18)13(2,3)10(17)15-12(16)19/h4-6H,1-3H3,(H,15,17,19). The highest BCUT2D eigenvalue weighted by atomic mass is 79.9. The van der Waals surface area contributed by atoms with Crippen molar-refractivity contribution in [2.75, 3.05) is 4.90 Å². The number of carbonyl (C=O) groups is 3. The second-order valence-electron chi connectivity index (χ2n) is 4.91. The lowest BCUT2D eigenvalue weighted by atomic mass is 9.88. The van der Waals surface area contributed by atoms with E-state index in [9.17, 15) is 14.4 Å². The van der Waals surface area contributed by atoms with Crippen molar-refractivity contribution < 1.29 is 14.4 Å². The summed E-state index contributed by atoms with van der Waals surface area (Å²) in [5.74, 6) is -1.10. The van der Waals surface area contributed by atoms with Crippen LogP contribution in [0.4, 0.5) is 10.5 Å². The average molecular weight is 325 g/mol. The first kappa shape index (κ1) is 13.7. The summed E-state index contributed by atoms with van der Waals surface area (Å²) < 4.78 is 0.792. The van der Waals surface area contributed by atoms with Gasteiger partial charge in [0.05, 0.1) is 5.69 Å². The van der Waals surface area contributed by atoms with E-state index < -0.39 is 23.3 Å². The van der Waals surface area contributed by atoms with Gasteiger partial charge >= 0.3 is 6.03 Å². The van der Waals surface area contributed by atoms with Crippen molar-refractivity contribution in [1.82, 2.24) is 5.32 Å². The van der Waals surface area contributed by atoms with Gasteiger partial charge in [0.15, 0.2) is 0 Å². The summed E-state index contributed by atoms with van der Waals surface area (Å²) in [6.45, 7) is 4.79. The van der Waals surface area contributed by atoms with Crippen LogP contribution in [0, 0.1) is 12.3 Å². The van der Waals surface area contributed by atoms with E-state index >= 15 is 0 Å². The minimum absolute atomic E-state index is 0.470. The Hall–Kier alpha value is -1.69. The molecular weight excluding hydrogens is 312 g/mol. The van der Waals surface area contributed by atoms with Crippen molar-refractivity contribution >= 4 is 39.5 Å². The molecule has 1 aromatic carbocycles. The Morgan fingerprint density at radius 2 is 1.84 bits per heavy atom. The van der Waals surface area contributed by atoms with Crippen LogP contribution in [0.1, 0.15) is 19.4 Å².